The zero-order chi connectivity index (χ0) is 11.1. The van der Waals surface area contributed by atoms with Crippen LogP contribution in [0.1, 0.15) is 0 Å². The molecule has 0 aliphatic rings. The Labute approximate surface area is 106 Å². The standard InChI is InChI=1S/C14H8FI/c15-13-11-7-3-1-5-9(11)10-6-2-4-8-12(10)14(13)16/h1-8H. The molecular weight excluding hydrogens is 314 g/mol. The molecule has 0 aliphatic carbocycles. The Hall–Kier alpha value is -1.16. The molecule has 0 saturated heterocycles. The van der Waals surface area contributed by atoms with Crippen molar-refractivity contribution in [1.82, 2.24) is 0 Å². The van der Waals surface area contributed by atoms with Crippen LogP contribution in [0, 0.1) is 9.39 Å². The van der Waals surface area contributed by atoms with Crippen molar-refractivity contribution in [2.75, 3.05) is 0 Å². The minimum absolute atomic E-state index is 0.116. The Morgan fingerprint density at radius 3 is 1.75 bits per heavy atom. The number of fused-ring (bicyclic) bond motifs is 3. The molecule has 0 bridgehead atoms. The lowest BCUT2D eigenvalue weighted by Crippen LogP contribution is -1.88. The molecule has 0 unspecified atom stereocenters. The summed E-state index contributed by atoms with van der Waals surface area (Å²) in [4.78, 5) is 0. The van der Waals surface area contributed by atoms with Crippen LogP contribution in [0.2, 0.25) is 0 Å². The molecule has 3 aromatic carbocycles. The van der Waals surface area contributed by atoms with Gasteiger partial charge in [-0.05, 0) is 38.7 Å². The fourth-order valence-electron chi connectivity index (χ4n) is 2.06. The minimum atomic E-state index is -0.116. The van der Waals surface area contributed by atoms with Gasteiger partial charge in [0.1, 0.15) is 5.82 Å². The highest BCUT2D eigenvalue weighted by Crippen LogP contribution is 2.32. The average molecular weight is 322 g/mol. The maximum Gasteiger partial charge on any atom is 0.144 e. The molecule has 0 spiro atoms. The molecule has 3 aromatic rings. The van der Waals surface area contributed by atoms with E-state index in [4.69, 9.17) is 0 Å². The highest BCUT2D eigenvalue weighted by atomic mass is 127. The largest absolute Gasteiger partial charge is 0.205 e. The van der Waals surface area contributed by atoms with E-state index in [1.807, 2.05) is 48.5 Å². The normalized spacial score (nSPS) is 11.1. The molecule has 0 saturated carbocycles. The summed E-state index contributed by atoms with van der Waals surface area (Å²) in [6, 6.07) is 15.6. The summed E-state index contributed by atoms with van der Waals surface area (Å²) < 4.78 is 14.8. The van der Waals surface area contributed by atoms with Gasteiger partial charge in [0.05, 0.1) is 3.57 Å². The second kappa shape index (κ2) is 3.70. The number of hydrogen-bond donors (Lipinski definition) is 0. The van der Waals surface area contributed by atoms with Gasteiger partial charge in [0.2, 0.25) is 0 Å². The SMILES string of the molecule is Fc1c(I)c2ccccc2c2ccccc12. The molecule has 0 atom stereocenters. The molecule has 0 heterocycles. The van der Waals surface area contributed by atoms with Gasteiger partial charge in [0.15, 0.2) is 0 Å². The summed E-state index contributed by atoms with van der Waals surface area (Å²) in [6.07, 6.45) is 0. The van der Waals surface area contributed by atoms with Gasteiger partial charge in [0, 0.05) is 5.39 Å². The van der Waals surface area contributed by atoms with Gasteiger partial charge in [-0.2, -0.15) is 0 Å². The van der Waals surface area contributed by atoms with Crippen molar-refractivity contribution in [2.45, 2.75) is 0 Å². The minimum Gasteiger partial charge on any atom is -0.205 e. The van der Waals surface area contributed by atoms with Crippen molar-refractivity contribution in [3.8, 4) is 0 Å². The molecule has 78 valence electrons. The first-order valence-corrected chi connectivity index (χ1v) is 6.11. The molecule has 0 radical (unpaired) electrons. The number of hydrogen-bond acceptors (Lipinski definition) is 0. The van der Waals surface area contributed by atoms with Gasteiger partial charge >= 0.3 is 0 Å². The first-order valence-electron chi connectivity index (χ1n) is 5.03. The van der Waals surface area contributed by atoms with Crippen LogP contribution in [0.15, 0.2) is 48.5 Å². The molecule has 0 fully saturated rings. The molecule has 0 aromatic heterocycles. The third kappa shape index (κ3) is 1.33. The van der Waals surface area contributed by atoms with E-state index in [1.165, 1.54) is 0 Å². The predicted octanol–water partition coefficient (Wildman–Crippen LogP) is 4.74. The average Bonchev–Trinajstić information content (AvgIpc) is 2.36. The third-order valence-corrected chi connectivity index (χ3v) is 3.86. The van der Waals surface area contributed by atoms with Crippen LogP contribution in [0.4, 0.5) is 4.39 Å². The van der Waals surface area contributed by atoms with Gasteiger partial charge in [-0.25, -0.2) is 4.39 Å². The van der Waals surface area contributed by atoms with Gasteiger partial charge in [-0.3, -0.25) is 0 Å². The molecule has 2 heteroatoms. The maximum atomic E-state index is 14.1. The number of rotatable bonds is 0. The third-order valence-electron chi connectivity index (χ3n) is 2.81. The summed E-state index contributed by atoms with van der Waals surface area (Å²) in [6.45, 7) is 0. The lowest BCUT2D eigenvalue weighted by molar-refractivity contribution is 0.634. The van der Waals surface area contributed by atoms with Crippen molar-refractivity contribution < 1.29 is 4.39 Å². The lowest BCUT2D eigenvalue weighted by Gasteiger charge is -2.07. The zero-order valence-electron chi connectivity index (χ0n) is 8.37. The van der Waals surface area contributed by atoms with Gasteiger partial charge < -0.3 is 0 Å². The van der Waals surface area contributed by atoms with Crippen molar-refractivity contribution in [2.24, 2.45) is 0 Å². The summed E-state index contributed by atoms with van der Waals surface area (Å²) in [7, 11) is 0. The van der Waals surface area contributed by atoms with Crippen LogP contribution in [0.25, 0.3) is 21.5 Å². The zero-order valence-corrected chi connectivity index (χ0v) is 10.5. The molecule has 0 aliphatic heterocycles. The van der Waals surface area contributed by atoms with Gasteiger partial charge in [0.25, 0.3) is 0 Å². The first kappa shape index (κ1) is 10.0. The molecule has 0 amide bonds. The van der Waals surface area contributed by atoms with E-state index >= 15 is 0 Å². The van der Waals surface area contributed by atoms with E-state index in [2.05, 4.69) is 22.6 Å². The van der Waals surface area contributed by atoms with Crippen molar-refractivity contribution in [1.29, 1.82) is 0 Å². The molecule has 0 N–H and O–H groups in total. The quantitative estimate of drug-likeness (QED) is 0.414. The summed E-state index contributed by atoms with van der Waals surface area (Å²) in [5.74, 6) is -0.116. The highest BCUT2D eigenvalue weighted by Gasteiger charge is 2.10. The Morgan fingerprint density at radius 2 is 1.12 bits per heavy atom. The molecule has 16 heavy (non-hydrogen) atoms. The Balaban J connectivity index is 2.69. The Kier molecular flexibility index (Phi) is 2.32. The monoisotopic (exact) mass is 322 g/mol. The van der Waals surface area contributed by atoms with E-state index in [-0.39, 0.29) is 5.82 Å². The van der Waals surface area contributed by atoms with E-state index in [0.717, 1.165) is 16.2 Å². The fourth-order valence-corrected chi connectivity index (χ4v) is 2.82. The Morgan fingerprint density at radius 1 is 0.688 bits per heavy atom. The predicted molar refractivity (Wildman–Crippen MR) is 74.1 cm³/mol. The Bertz CT molecular complexity index is 628. The van der Waals surface area contributed by atoms with Crippen LogP contribution in [-0.4, -0.2) is 0 Å². The smallest absolute Gasteiger partial charge is 0.144 e. The molecule has 3 rings (SSSR count). The fraction of sp³-hybridized carbons (Fsp3) is 0. The van der Waals surface area contributed by atoms with E-state index in [1.54, 1.807) is 0 Å². The van der Waals surface area contributed by atoms with Crippen molar-refractivity contribution in [3.05, 3.63) is 57.9 Å². The molecule has 0 nitrogen and oxygen atoms in total. The van der Waals surface area contributed by atoms with Crippen LogP contribution in [0.3, 0.4) is 0 Å². The lowest BCUT2D eigenvalue weighted by atomic mass is 10.0. The van der Waals surface area contributed by atoms with Crippen LogP contribution < -0.4 is 0 Å². The number of benzene rings is 3. The van der Waals surface area contributed by atoms with Crippen LogP contribution in [0.5, 0.6) is 0 Å². The molecular formula is C14H8FI. The highest BCUT2D eigenvalue weighted by molar-refractivity contribution is 14.1. The first-order chi connectivity index (χ1) is 7.79. The topological polar surface area (TPSA) is 0 Å². The summed E-state index contributed by atoms with van der Waals surface area (Å²) >= 11 is 2.08. The second-order valence-corrected chi connectivity index (χ2v) is 4.80. The van der Waals surface area contributed by atoms with E-state index in [9.17, 15) is 4.39 Å². The number of halogens is 2. The van der Waals surface area contributed by atoms with E-state index in [0.29, 0.717) is 8.96 Å². The van der Waals surface area contributed by atoms with Crippen LogP contribution >= 0.6 is 22.6 Å². The summed E-state index contributed by atoms with van der Waals surface area (Å²) in [5.41, 5.74) is 0. The maximum absolute atomic E-state index is 14.1. The van der Waals surface area contributed by atoms with Crippen LogP contribution in [-0.2, 0) is 0 Å². The second-order valence-electron chi connectivity index (χ2n) is 3.72. The van der Waals surface area contributed by atoms with Gasteiger partial charge in [-0.15, -0.1) is 0 Å². The van der Waals surface area contributed by atoms with E-state index < -0.39 is 0 Å². The van der Waals surface area contributed by atoms with Crippen molar-refractivity contribution in [3.63, 3.8) is 0 Å². The van der Waals surface area contributed by atoms with Gasteiger partial charge in [-0.1, -0.05) is 48.5 Å². The van der Waals surface area contributed by atoms with Crippen molar-refractivity contribution >= 4 is 44.1 Å². The summed E-state index contributed by atoms with van der Waals surface area (Å²) in [5, 5.41) is 3.78.